The fraction of sp³-hybridized carbons (Fsp3) is 0.538. The van der Waals surface area contributed by atoms with E-state index >= 15 is 0 Å². The van der Waals surface area contributed by atoms with Gasteiger partial charge in [0.1, 0.15) is 0 Å². The normalized spacial score (nSPS) is 19.6. The van der Waals surface area contributed by atoms with Gasteiger partial charge in [0.05, 0.1) is 5.75 Å². The quantitative estimate of drug-likeness (QED) is 0.819. The SMILES string of the molecule is O=S(O)Cc1ccc(C2CCCCC2)cc1. The van der Waals surface area contributed by atoms with Gasteiger partial charge >= 0.3 is 0 Å². The molecule has 1 atom stereocenters. The molecule has 0 bridgehead atoms. The summed E-state index contributed by atoms with van der Waals surface area (Å²) < 4.78 is 19.5. The highest BCUT2D eigenvalue weighted by molar-refractivity contribution is 7.78. The molecular formula is C13H18O2S. The summed E-state index contributed by atoms with van der Waals surface area (Å²) in [6.45, 7) is 0. The van der Waals surface area contributed by atoms with Gasteiger partial charge in [0.15, 0.2) is 11.1 Å². The molecule has 88 valence electrons. The molecule has 2 rings (SSSR count). The van der Waals surface area contributed by atoms with Crippen molar-refractivity contribution >= 4 is 11.1 Å². The molecule has 1 aromatic rings. The van der Waals surface area contributed by atoms with Crippen molar-refractivity contribution in [2.24, 2.45) is 0 Å². The smallest absolute Gasteiger partial charge is 0.157 e. The molecule has 1 aliphatic carbocycles. The lowest BCUT2D eigenvalue weighted by atomic mass is 9.84. The fourth-order valence-electron chi connectivity index (χ4n) is 2.46. The third kappa shape index (κ3) is 3.16. The Bertz CT molecular complexity index is 353. The maximum Gasteiger partial charge on any atom is 0.157 e. The van der Waals surface area contributed by atoms with Crippen molar-refractivity contribution in [1.29, 1.82) is 0 Å². The molecule has 0 spiro atoms. The predicted octanol–water partition coefficient (Wildman–Crippen LogP) is 3.46. The van der Waals surface area contributed by atoms with Crippen LogP contribution in [0.5, 0.6) is 0 Å². The number of rotatable bonds is 3. The van der Waals surface area contributed by atoms with Crippen molar-refractivity contribution in [1.82, 2.24) is 0 Å². The molecule has 2 nitrogen and oxygen atoms in total. The predicted molar refractivity (Wildman–Crippen MR) is 66.7 cm³/mol. The minimum absolute atomic E-state index is 0.241. The molecule has 0 saturated heterocycles. The van der Waals surface area contributed by atoms with Gasteiger partial charge in [-0.1, -0.05) is 43.5 Å². The van der Waals surface area contributed by atoms with Gasteiger partial charge in [0.25, 0.3) is 0 Å². The molecule has 1 aliphatic rings. The van der Waals surface area contributed by atoms with Gasteiger partial charge in [-0.25, -0.2) is 4.21 Å². The van der Waals surface area contributed by atoms with E-state index in [1.54, 1.807) is 0 Å². The molecule has 0 heterocycles. The third-order valence-electron chi connectivity index (χ3n) is 3.35. The lowest BCUT2D eigenvalue weighted by Gasteiger charge is -2.22. The zero-order chi connectivity index (χ0) is 11.4. The van der Waals surface area contributed by atoms with Crippen molar-refractivity contribution in [2.45, 2.75) is 43.8 Å². The Hall–Kier alpha value is -0.670. The summed E-state index contributed by atoms with van der Waals surface area (Å²) in [5.74, 6) is 0.952. The average Bonchev–Trinajstić information content (AvgIpc) is 2.30. The molecule has 1 saturated carbocycles. The van der Waals surface area contributed by atoms with Crippen LogP contribution in [0.3, 0.4) is 0 Å². The summed E-state index contributed by atoms with van der Waals surface area (Å²) in [5, 5.41) is 0. The van der Waals surface area contributed by atoms with Crippen molar-refractivity contribution in [2.75, 3.05) is 0 Å². The van der Waals surface area contributed by atoms with Gasteiger partial charge in [-0.2, -0.15) is 0 Å². The van der Waals surface area contributed by atoms with E-state index in [0.717, 1.165) is 5.56 Å². The van der Waals surface area contributed by atoms with Crippen molar-refractivity contribution in [3.05, 3.63) is 35.4 Å². The largest absolute Gasteiger partial charge is 0.306 e. The van der Waals surface area contributed by atoms with Gasteiger partial charge < -0.3 is 4.55 Å². The maximum absolute atomic E-state index is 10.7. The van der Waals surface area contributed by atoms with Crippen molar-refractivity contribution in [3.63, 3.8) is 0 Å². The lowest BCUT2D eigenvalue weighted by molar-refractivity contribution is 0.443. The molecular weight excluding hydrogens is 220 g/mol. The van der Waals surface area contributed by atoms with Crippen LogP contribution in [-0.2, 0) is 16.8 Å². The van der Waals surface area contributed by atoms with E-state index in [1.807, 2.05) is 12.1 Å². The fourth-order valence-corrected chi connectivity index (χ4v) is 2.94. The summed E-state index contributed by atoms with van der Waals surface area (Å²) in [4.78, 5) is 0. The molecule has 1 fully saturated rings. The Kier molecular flexibility index (Phi) is 4.13. The summed E-state index contributed by atoms with van der Waals surface area (Å²) in [5.41, 5.74) is 2.34. The highest BCUT2D eigenvalue weighted by Crippen LogP contribution is 2.32. The molecule has 1 N–H and O–H groups in total. The van der Waals surface area contributed by atoms with Crippen molar-refractivity contribution in [3.8, 4) is 0 Å². The van der Waals surface area contributed by atoms with Crippen LogP contribution in [0.25, 0.3) is 0 Å². The highest BCUT2D eigenvalue weighted by atomic mass is 32.2. The minimum atomic E-state index is -1.73. The van der Waals surface area contributed by atoms with E-state index in [4.69, 9.17) is 4.55 Å². The first-order valence-corrected chi connectivity index (χ1v) is 7.19. The van der Waals surface area contributed by atoms with E-state index in [0.29, 0.717) is 5.92 Å². The van der Waals surface area contributed by atoms with Crippen LogP contribution in [0.2, 0.25) is 0 Å². The molecule has 0 aliphatic heterocycles. The van der Waals surface area contributed by atoms with Crippen LogP contribution in [0.4, 0.5) is 0 Å². The van der Waals surface area contributed by atoms with Crippen LogP contribution in [0.1, 0.15) is 49.1 Å². The summed E-state index contributed by atoms with van der Waals surface area (Å²) in [7, 11) is 0. The molecule has 3 heteroatoms. The van der Waals surface area contributed by atoms with E-state index in [2.05, 4.69) is 12.1 Å². The first-order chi connectivity index (χ1) is 7.75. The van der Waals surface area contributed by atoms with Gasteiger partial charge in [-0.05, 0) is 29.9 Å². The first-order valence-electron chi connectivity index (χ1n) is 5.92. The summed E-state index contributed by atoms with van der Waals surface area (Å²) in [6.07, 6.45) is 6.65. The molecule has 0 aromatic heterocycles. The third-order valence-corrected chi connectivity index (χ3v) is 3.93. The Morgan fingerprint density at radius 3 is 2.31 bits per heavy atom. The van der Waals surface area contributed by atoms with Crippen LogP contribution in [0, 0.1) is 0 Å². The Morgan fingerprint density at radius 2 is 1.75 bits per heavy atom. The number of hydrogen-bond donors (Lipinski definition) is 1. The zero-order valence-electron chi connectivity index (χ0n) is 9.39. The van der Waals surface area contributed by atoms with E-state index in [-0.39, 0.29) is 5.75 Å². The van der Waals surface area contributed by atoms with Crippen LogP contribution in [-0.4, -0.2) is 8.76 Å². The van der Waals surface area contributed by atoms with Crippen LogP contribution < -0.4 is 0 Å². The minimum Gasteiger partial charge on any atom is -0.306 e. The summed E-state index contributed by atoms with van der Waals surface area (Å²) in [6, 6.07) is 8.21. The van der Waals surface area contributed by atoms with E-state index < -0.39 is 11.1 Å². The molecule has 0 amide bonds. The van der Waals surface area contributed by atoms with Gasteiger partial charge in [-0.3, -0.25) is 0 Å². The van der Waals surface area contributed by atoms with Crippen molar-refractivity contribution < 1.29 is 8.76 Å². The topological polar surface area (TPSA) is 37.3 Å². The molecule has 1 unspecified atom stereocenters. The number of benzene rings is 1. The van der Waals surface area contributed by atoms with Gasteiger partial charge in [0, 0.05) is 0 Å². The Morgan fingerprint density at radius 1 is 1.12 bits per heavy atom. The van der Waals surface area contributed by atoms with Crippen LogP contribution in [0.15, 0.2) is 24.3 Å². The molecule has 1 aromatic carbocycles. The standard InChI is InChI=1S/C13H18O2S/c14-16(15)10-11-6-8-13(9-7-11)12-4-2-1-3-5-12/h6-9,12H,1-5,10H2,(H,14,15). The lowest BCUT2D eigenvalue weighted by Crippen LogP contribution is -2.04. The average molecular weight is 238 g/mol. The molecule has 0 radical (unpaired) electrons. The van der Waals surface area contributed by atoms with Gasteiger partial charge in [-0.15, -0.1) is 0 Å². The second kappa shape index (κ2) is 5.60. The highest BCUT2D eigenvalue weighted by Gasteiger charge is 2.15. The molecule has 16 heavy (non-hydrogen) atoms. The zero-order valence-corrected chi connectivity index (χ0v) is 10.2. The van der Waals surface area contributed by atoms with E-state index in [1.165, 1.54) is 37.7 Å². The Balaban J connectivity index is 2.03. The maximum atomic E-state index is 10.7. The second-order valence-corrected chi connectivity index (χ2v) is 5.47. The van der Waals surface area contributed by atoms with Crippen LogP contribution >= 0.6 is 0 Å². The summed E-state index contributed by atoms with van der Waals surface area (Å²) >= 11 is -1.73. The second-order valence-electron chi connectivity index (χ2n) is 4.54. The first kappa shape index (κ1) is 11.8. The van der Waals surface area contributed by atoms with E-state index in [9.17, 15) is 4.21 Å². The number of hydrogen-bond acceptors (Lipinski definition) is 1. The Labute approximate surface area is 99.4 Å². The van der Waals surface area contributed by atoms with Gasteiger partial charge in [0.2, 0.25) is 0 Å². The monoisotopic (exact) mass is 238 g/mol.